The SMILES string of the molecule is CC1CN(c2ccc(C#N)n3ncc(F)c23)CC(CN2CC3(C2)OCc2cc(N4CCC(N)C4)ccc23)O1. The van der Waals surface area contributed by atoms with Crippen LogP contribution in [-0.2, 0) is 21.7 Å². The van der Waals surface area contributed by atoms with Gasteiger partial charge in [-0.1, -0.05) is 6.07 Å². The second-order valence-electron chi connectivity index (χ2n) is 11.2. The summed E-state index contributed by atoms with van der Waals surface area (Å²) in [6.07, 6.45) is 2.18. The number of hydrogen-bond acceptors (Lipinski definition) is 8. The number of likely N-dealkylation sites (tertiary alicyclic amines) is 1. The zero-order chi connectivity index (χ0) is 26.0. The minimum absolute atomic E-state index is 0.00811. The van der Waals surface area contributed by atoms with E-state index in [2.05, 4.69) is 44.1 Å². The minimum Gasteiger partial charge on any atom is -0.370 e. The van der Waals surface area contributed by atoms with E-state index in [4.69, 9.17) is 15.2 Å². The van der Waals surface area contributed by atoms with Crippen LogP contribution in [0, 0.1) is 17.1 Å². The molecule has 198 valence electrons. The van der Waals surface area contributed by atoms with Gasteiger partial charge in [-0.3, -0.25) is 4.90 Å². The lowest BCUT2D eigenvalue weighted by Gasteiger charge is -2.50. The molecule has 7 rings (SSSR count). The second kappa shape index (κ2) is 8.92. The molecule has 2 N–H and O–H groups in total. The zero-order valence-electron chi connectivity index (χ0n) is 21.5. The third-order valence-corrected chi connectivity index (χ3v) is 8.47. The Balaban J connectivity index is 1.04. The molecular formula is C28H32FN7O2. The molecule has 1 spiro atoms. The monoisotopic (exact) mass is 517 g/mol. The molecule has 3 atom stereocenters. The number of halogens is 1. The molecule has 10 heteroatoms. The van der Waals surface area contributed by atoms with Crippen LogP contribution in [0.1, 0.15) is 30.2 Å². The Morgan fingerprint density at radius 2 is 2.05 bits per heavy atom. The van der Waals surface area contributed by atoms with Crippen LogP contribution in [0.3, 0.4) is 0 Å². The third kappa shape index (κ3) is 3.84. The molecule has 9 nitrogen and oxygen atoms in total. The first kappa shape index (κ1) is 23.9. The van der Waals surface area contributed by atoms with Crippen LogP contribution in [0.4, 0.5) is 15.8 Å². The van der Waals surface area contributed by atoms with Crippen molar-refractivity contribution in [3.8, 4) is 6.07 Å². The summed E-state index contributed by atoms with van der Waals surface area (Å²) in [6.45, 7) is 8.35. The summed E-state index contributed by atoms with van der Waals surface area (Å²) in [5.74, 6) is -0.426. The minimum atomic E-state index is -0.426. The van der Waals surface area contributed by atoms with Crippen LogP contribution >= 0.6 is 0 Å². The molecule has 3 saturated heterocycles. The standard InChI is InChI=1S/C28H32FN7O2/c1-18-11-35(26-5-3-22(9-30)36-27(26)25(29)10-32-36)14-23(38-18)13-33-16-28(17-33)24-4-2-21(8-19(24)15-37-28)34-7-6-20(31)12-34/h2-5,8,10,18,20,23H,6-7,11-17,31H2,1H3. The van der Waals surface area contributed by atoms with Gasteiger partial charge >= 0.3 is 0 Å². The number of benzene rings is 1. The van der Waals surface area contributed by atoms with Gasteiger partial charge in [0.05, 0.1) is 30.7 Å². The molecule has 1 aromatic carbocycles. The summed E-state index contributed by atoms with van der Waals surface area (Å²) in [5, 5.41) is 13.5. The summed E-state index contributed by atoms with van der Waals surface area (Å²) in [4.78, 5) is 6.91. The van der Waals surface area contributed by atoms with Gasteiger partial charge in [0.25, 0.3) is 0 Å². The van der Waals surface area contributed by atoms with Crippen molar-refractivity contribution in [3.63, 3.8) is 0 Å². The normalized spacial score (nSPS) is 26.6. The molecule has 6 heterocycles. The van der Waals surface area contributed by atoms with Gasteiger partial charge < -0.3 is 25.0 Å². The number of nitrogens with zero attached hydrogens (tertiary/aromatic N) is 6. The van der Waals surface area contributed by atoms with E-state index in [0.717, 1.165) is 44.8 Å². The van der Waals surface area contributed by atoms with Gasteiger partial charge in [-0.2, -0.15) is 10.4 Å². The summed E-state index contributed by atoms with van der Waals surface area (Å²) in [7, 11) is 0. The average molecular weight is 518 g/mol. The molecular weight excluding hydrogens is 485 g/mol. The highest BCUT2D eigenvalue weighted by atomic mass is 19.1. The fourth-order valence-electron chi connectivity index (χ4n) is 6.74. The number of ether oxygens (including phenoxy) is 2. The van der Waals surface area contributed by atoms with Gasteiger partial charge in [-0.05, 0) is 48.7 Å². The van der Waals surface area contributed by atoms with E-state index in [9.17, 15) is 9.65 Å². The van der Waals surface area contributed by atoms with E-state index >= 15 is 0 Å². The van der Waals surface area contributed by atoms with Crippen molar-refractivity contribution in [3.05, 3.63) is 59.2 Å². The summed E-state index contributed by atoms with van der Waals surface area (Å²) in [6, 6.07) is 12.6. The fourth-order valence-corrected chi connectivity index (χ4v) is 6.74. The number of aromatic nitrogens is 2. The number of pyridine rings is 1. The van der Waals surface area contributed by atoms with E-state index in [0.29, 0.717) is 30.9 Å². The third-order valence-electron chi connectivity index (χ3n) is 8.47. The van der Waals surface area contributed by atoms with Gasteiger partial charge in [-0.25, -0.2) is 8.91 Å². The number of hydrogen-bond donors (Lipinski definition) is 1. The van der Waals surface area contributed by atoms with Crippen LogP contribution in [0.2, 0.25) is 0 Å². The Labute approximate surface area is 221 Å². The topological polar surface area (TPSA) is 95.3 Å². The highest BCUT2D eigenvalue weighted by molar-refractivity contribution is 5.74. The lowest BCUT2D eigenvalue weighted by atomic mass is 9.85. The van der Waals surface area contributed by atoms with Crippen molar-refractivity contribution < 1.29 is 13.9 Å². The molecule has 2 aromatic heterocycles. The Morgan fingerprint density at radius 1 is 1.18 bits per heavy atom. The fraction of sp³-hybridized carbons (Fsp3) is 0.500. The maximum absolute atomic E-state index is 14.7. The molecule has 3 aromatic rings. The van der Waals surface area contributed by atoms with Crippen LogP contribution < -0.4 is 15.5 Å². The average Bonchev–Trinajstić information content (AvgIpc) is 3.60. The highest BCUT2D eigenvalue weighted by Gasteiger charge is 2.50. The lowest BCUT2D eigenvalue weighted by Crippen LogP contribution is -2.62. The first-order valence-electron chi connectivity index (χ1n) is 13.4. The van der Waals surface area contributed by atoms with Crippen molar-refractivity contribution >= 4 is 16.9 Å². The van der Waals surface area contributed by atoms with Gasteiger partial charge in [0, 0.05) is 57.5 Å². The number of anilines is 2. The molecule has 0 bridgehead atoms. The molecule has 4 aliphatic heterocycles. The smallest absolute Gasteiger partial charge is 0.171 e. The van der Waals surface area contributed by atoms with Crippen LogP contribution in [-0.4, -0.2) is 78.6 Å². The van der Waals surface area contributed by atoms with Crippen molar-refractivity contribution in [2.45, 2.75) is 43.8 Å². The number of rotatable bonds is 4. The maximum atomic E-state index is 14.7. The van der Waals surface area contributed by atoms with Crippen LogP contribution in [0.15, 0.2) is 36.5 Å². The molecule has 0 amide bonds. The van der Waals surface area contributed by atoms with E-state index < -0.39 is 5.82 Å². The summed E-state index contributed by atoms with van der Waals surface area (Å²) >= 11 is 0. The first-order chi connectivity index (χ1) is 18.4. The maximum Gasteiger partial charge on any atom is 0.171 e. The second-order valence-corrected chi connectivity index (χ2v) is 11.2. The predicted molar refractivity (Wildman–Crippen MR) is 141 cm³/mol. The Morgan fingerprint density at radius 3 is 2.84 bits per heavy atom. The zero-order valence-corrected chi connectivity index (χ0v) is 21.5. The van der Waals surface area contributed by atoms with Gasteiger partial charge in [0.1, 0.15) is 22.9 Å². The Hall–Kier alpha value is -3.23. The molecule has 0 radical (unpaired) electrons. The van der Waals surface area contributed by atoms with E-state index in [1.165, 1.54) is 27.5 Å². The van der Waals surface area contributed by atoms with E-state index in [1.54, 1.807) is 6.07 Å². The predicted octanol–water partition coefficient (Wildman–Crippen LogP) is 2.22. The van der Waals surface area contributed by atoms with Crippen molar-refractivity contribution in [2.24, 2.45) is 5.73 Å². The van der Waals surface area contributed by atoms with Crippen molar-refractivity contribution in [1.29, 1.82) is 5.26 Å². The molecule has 3 unspecified atom stereocenters. The first-order valence-corrected chi connectivity index (χ1v) is 13.4. The quantitative estimate of drug-likeness (QED) is 0.563. The molecule has 0 aliphatic carbocycles. The van der Waals surface area contributed by atoms with Gasteiger partial charge in [0.15, 0.2) is 5.82 Å². The molecule has 0 saturated carbocycles. The number of morpholine rings is 1. The Kier molecular flexibility index (Phi) is 5.60. The van der Waals surface area contributed by atoms with Crippen LogP contribution in [0.5, 0.6) is 0 Å². The Bertz CT molecular complexity index is 1430. The highest BCUT2D eigenvalue weighted by Crippen LogP contribution is 2.45. The van der Waals surface area contributed by atoms with Crippen LogP contribution in [0.25, 0.3) is 5.52 Å². The van der Waals surface area contributed by atoms with Crippen molar-refractivity contribution in [2.75, 3.05) is 55.6 Å². The molecule has 4 aliphatic rings. The molecule has 3 fully saturated rings. The van der Waals surface area contributed by atoms with Crippen molar-refractivity contribution in [1.82, 2.24) is 14.5 Å². The van der Waals surface area contributed by atoms with E-state index in [1.807, 2.05) is 13.0 Å². The van der Waals surface area contributed by atoms with E-state index in [-0.39, 0.29) is 23.9 Å². The number of nitrogens with two attached hydrogens (primary N) is 1. The lowest BCUT2D eigenvalue weighted by molar-refractivity contribution is -0.155. The number of fused-ring (bicyclic) bond motifs is 3. The van der Waals surface area contributed by atoms with Gasteiger partial charge in [-0.15, -0.1) is 0 Å². The largest absolute Gasteiger partial charge is 0.370 e. The summed E-state index contributed by atoms with van der Waals surface area (Å²) < 4.78 is 28.8. The van der Waals surface area contributed by atoms with Gasteiger partial charge in [0.2, 0.25) is 0 Å². The number of nitriles is 1. The molecule has 38 heavy (non-hydrogen) atoms. The summed E-state index contributed by atoms with van der Waals surface area (Å²) in [5.41, 5.74) is 11.1.